The molecule has 0 aliphatic carbocycles. The van der Waals surface area contributed by atoms with Crippen LogP contribution in [0.1, 0.15) is 25.7 Å². The normalized spacial score (nSPS) is 23.6. The number of nitrogens with zero attached hydrogens (tertiary/aromatic N) is 1. The van der Waals surface area contributed by atoms with Crippen molar-refractivity contribution < 1.29 is 9.90 Å². The summed E-state index contributed by atoms with van der Waals surface area (Å²) in [5, 5.41) is 8.50. The Bertz CT molecular complexity index is 164. The number of aliphatic carboxylic acids is 1. The summed E-state index contributed by atoms with van der Waals surface area (Å²) in [6.07, 6.45) is 3.61. The molecule has 3 nitrogen and oxygen atoms in total. The van der Waals surface area contributed by atoms with Gasteiger partial charge in [0.25, 0.3) is 0 Å². The summed E-state index contributed by atoms with van der Waals surface area (Å²) in [7, 11) is 2.10. The second kappa shape index (κ2) is 6.22. The van der Waals surface area contributed by atoms with Crippen molar-refractivity contribution in [1.82, 2.24) is 4.90 Å². The quantitative estimate of drug-likeness (QED) is 0.765. The van der Waals surface area contributed by atoms with E-state index in [0.717, 1.165) is 13.0 Å². The average Bonchev–Trinajstić information content (AvgIpc) is 2.01. The molecule has 1 aliphatic rings. The van der Waals surface area contributed by atoms with E-state index in [-0.39, 0.29) is 12.4 Å². The Morgan fingerprint density at radius 3 is 2.85 bits per heavy atom. The van der Waals surface area contributed by atoms with Crippen LogP contribution >= 0.6 is 12.4 Å². The molecule has 78 valence electrons. The number of hydrogen-bond donors (Lipinski definition) is 1. The van der Waals surface area contributed by atoms with E-state index < -0.39 is 5.97 Å². The molecule has 0 saturated carbocycles. The van der Waals surface area contributed by atoms with E-state index in [1.807, 2.05) is 0 Å². The van der Waals surface area contributed by atoms with Crippen molar-refractivity contribution in [3.8, 4) is 0 Å². The molecule has 1 saturated heterocycles. The van der Waals surface area contributed by atoms with Crippen molar-refractivity contribution >= 4 is 18.4 Å². The van der Waals surface area contributed by atoms with Crippen molar-refractivity contribution in [2.75, 3.05) is 20.1 Å². The van der Waals surface area contributed by atoms with E-state index in [1.165, 1.54) is 19.4 Å². The maximum atomic E-state index is 10.3. The first-order valence-corrected chi connectivity index (χ1v) is 4.59. The first-order valence-electron chi connectivity index (χ1n) is 4.59. The van der Waals surface area contributed by atoms with Gasteiger partial charge in [0.05, 0.1) is 0 Å². The van der Waals surface area contributed by atoms with Gasteiger partial charge in [-0.25, -0.2) is 0 Å². The second-order valence-corrected chi connectivity index (χ2v) is 3.70. The van der Waals surface area contributed by atoms with E-state index in [2.05, 4.69) is 11.9 Å². The standard InChI is InChI=1S/C9H17NO2.ClH/c1-10-6-2-3-8(7-10)4-5-9(11)12;/h8H,2-7H2,1H3,(H,11,12);1H. The maximum absolute atomic E-state index is 10.3. The Balaban J connectivity index is 0.00000144. The summed E-state index contributed by atoms with van der Waals surface area (Å²) >= 11 is 0. The fourth-order valence-electron chi connectivity index (χ4n) is 1.84. The fourth-order valence-corrected chi connectivity index (χ4v) is 1.84. The van der Waals surface area contributed by atoms with Gasteiger partial charge < -0.3 is 10.0 Å². The Labute approximate surface area is 85.5 Å². The van der Waals surface area contributed by atoms with Gasteiger partial charge >= 0.3 is 5.97 Å². The first-order chi connectivity index (χ1) is 5.68. The predicted octanol–water partition coefficient (Wildman–Crippen LogP) is 1.61. The highest BCUT2D eigenvalue weighted by Gasteiger charge is 2.17. The highest BCUT2D eigenvalue weighted by molar-refractivity contribution is 5.85. The summed E-state index contributed by atoms with van der Waals surface area (Å²) < 4.78 is 0. The number of carboxylic acids is 1. The zero-order valence-electron chi connectivity index (χ0n) is 8.03. The number of carbonyl (C=O) groups is 1. The number of carboxylic acid groups (broad SMARTS) is 1. The van der Waals surface area contributed by atoms with Crippen LogP contribution in [0.2, 0.25) is 0 Å². The van der Waals surface area contributed by atoms with Crippen molar-refractivity contribution in [2.45, 2.75) is 25.7 Å². The van der Waals surface area contributed by atoms with Crippen LogP contribution in [0.4, 0.5) is 0 Å². The van der Waals surface area contributed by atoms with E-state index in [0.29, 0.717) is 12.3 Å². The molecule has 0 aromatic carbocycles. The van der Waals surface area contributed by atoms with Gasteiger partial charge in [0.15, 0.2) is 0 Å². The van der Waals surface area contributed by atoms with Gasteiger partial charge in [0.2, 0.25) is 0 Å². The summed E-state index contributed by atoms with van der Waals surface area (Å²) in [6, 6.07) is 0. The molecular weight excluding hydrogens is 190 g/mol. The van der Waals surface area contributed by atoms with Crippen molar-refractivity contribution in [3.63, 3.8) is 0 Å². The molecule has 0 aromatic rings. The molecule has 0 aromatic heterocycles. The molecule has 1 N–H and O–H groups in total. The van der Waals surface area contributed by atoms with E-state index in [9.17, 15) is 4.79 Å². The van der Waals surface area contributed by atoms with E-state index in [4.69, 9.17) is 5.11 Å². The summed E-state index contributed by atoms with van der Waals surface area (Å²) in [4.78, 5) is 12.6. The van der Waals surface area contributed by atoms with Gasteiger partial charge in [-0.2, -0.15) is 0 Å². The number of rotatable bonds is 3. The molecule has 13 heavy (non-hydrogen) atoms. The molecule has 1 atom stereocenters. The number of likely N-dealkylation sites (tertiary alicyclic amines) is 1. The first kappa shape index (κ1) is 12.7. The van der Waals surface area contributed by atoms with E-state index >= 15 is 0 Å². The number of hydrogen-bond acceptors (Lipinski definition) is 2. The third-order valence-electron chi connectivity index (χ3n) is 2.49. The van der Waals surface area contributed by atoms with Crippen LogP contribution in [0, 0.1) is 5.92 Å². The molecule has 1 heterocycles. The van der Waals surface area contributed by atoms with Gasteiger partial charge in [-0.3, -0.25) is 4.79 Å². The molecular formula is C9H18ClNO2. The lowest BCUT2D eigenvalue weighted by molar-refractivity contribution is -0.137. The third-order valence-corrected chi connectivity index (χ3v) is 2.49. The molecule has 1 unspecified atom stereocenters. The lowest BCUT2D eigenvalue weighted by atomic mass is 9.94. The Morgan fingerprint density at radius 2 is 2.31 bits per heavy atom. The van der Waals surface area contributed by atoms with Crippen molar-refractivity contribution in [2.24, 2.45) is 5.92 Å². The highest BCUT2D eigenvalue weighted by Crippen LogP contribution is 2.19. The van der Waals surface area contributed by atoms with Gasteiger partial charge in [-0.15, -0.1) is 12.4 Å². The molecule has 0 bridgehead atoms. The number of halogens is 1. The Kier molecular flexibility index (Phi) is 6.08. The van der Waals surface area contributed by atoms with Crippen LogP contribution < -0.4 is 0 Å². The van der Waals surface area contributed by atoms with Crippen LogP contribution in [0.3, 0.4) is 0 Å². The van der Waals surface area contributed by atoms with Crippen molar-refractivity contribution in [3.05, 3.63) is 0 Å². The lowest BCUT2D eigenvalue weighted by Crippen LogP contribution is -2.32. The van der Waals surface area contributed by atoms with Crippen molar-refractivity contribution in [1.29, 1.82) is 0 Å². The molecule has 1 fully saturated rings. The molecule has 0 radical (unpaired) electrons. The minimum absolute atomic E-state index is 0. The fraction of sp³-hybridized carbons (Fsp3) is 0.889. The highest BCUT2D eigenvalue weighted by atomic mass is 35.5. The smallest absolute Gasteiger partial charge is 0.303 e. The minimum Gasteiger partial charge on any atom is -0.481 e. The Hall–Kier alpha value is -0.280. The summed E-state index contributed by atoms with van der Waals surface area (Å²) in [5.41, 5.74) is 0. The van der Waals surface area contributed by atoms with Gasteiger partial charge in [-0.1, -0.05) is 0 Å². The SMILES string of the molecule is CN1CCCC(CCC(=O)O)C1.Cl. The summed E-state index contributed by atoms with van der Waals surface area (Å²) in [5.74, 6) is -0.0527. The lowest BCUT2D eigenvalue weighted by Gasteiger charge is -2.29. The van der Waals surface area contributed by atoms with Crippen LogP contribution in [0.25, 0.3) is 0 Å². The van der Waals surface area contributed by atoms with Gasteiger partial charge in [-0.05, 0) is 38.8 Å². The molecule has 4 heteroatoms. The largest absolute Gasteiger partial charge is 0.481 e. The van der Waals surface area contributed by atoms with E-state index in [1.54, 1.807) is 0 Å². The van der Waals surface area contributed by atoms with Gasteiger partial charge in [0, 0.05) is 13.0 Å². The maximum Gasteiger partial charge on any atom is 0.303 e. The molecule has 0 amide bonds. The Morgan fingerprint density at radius 1 is 1.62 bits per heavy atom. The molecule has 0 spiro atoms. The zero-order valence-corrected chi connectivity index (χ0v) is 8.85. The minimum atomic E-state index is -0.664. The van der Waals surface area contributed by atoms with Crippen LogP contribution in [-0.2, 0) is 4.79 Å². The topological polar surface area (TPSA) is 40.5 Å². The second-order valence-electron chi connectivity index (χ2n) is 3.70. The van der Waals surface area contributed by atoms with Crippen LogP contribution in [0.15, 0.2) is 0 Å². The van der Waals surface area contributed by atoms with Crippen LogP contribution in [-0.4, -0.2) is 36.1 Å². The molecule has 1 rings (SSSR count). The average molecular weight is 208 g/mol. The molecule has 1 aliphatic heterocycles. The zero-order chi connectivity index (χ0) is 8.97. The number of piperidine rings is 1. The van der Waals surface area contributed by atoms with Crippen LogP contribution in [0.5, 0.6) is 0 Å². The monoisotopic (exact) mass is 207 g/mol. The van der Waals surface area contributed by atoms with Gasteiger partial charge in [0.1, 0.15) is 0 Å². The predicted molar refractivity (Wildman–Crippen MR) is 54.3 cm³/mol. The summed E-state index contributed by atoms with van der Waals surface area (Å²) in [6.45, 7) is 2.25. The third kappa shape index (κ3) is 5.11.